The fraction of sp³-hybridized carbons (Fsp3) is 0.969. The fourth-order valence-corrected chi connectivity index (χ4v) is 19.2. The third kappa shape index (κ3) is 13.4. The third-order valence-corrected chi connectivity index (χ3v) is 24.3. The van der Waals surface area contributed by atoms with Crippen LogP contribution in [-0.2, 0) is 61.6 Å². The van der Waals surface area contributed by atoms with Crippen LogP contribution >= 0.6 is 0 Å². The van der Waals surface area contributed by atoms with E-state index >= 15 is 0 Å². The van der Waals surface area contributed by atoms with Gasteiger partial charge in [-0.2, -0.15) is 0 Å². The quantitative estimate of drug-likeness (QED) is 0.0424. The van der Waals surface area contributed by atoms with Crippen molar-refractivity contribution in [1.29, 1.82) is 0 Å². The molecule has 11 fully saturated rings. The van der Waals surface area contributed by atoms with Crippen LogP contribution in [0, 0.1) is 45.3 Å². The van der Waals surface area contributed by atoms with Crippen molar-refractivity contribution < 1.29 is 153 Å². The van der Waals surface area contributed by atoms with E-state index in [1.807, 2.05) is 26.8 Å². The number of aliphatic hydroxyl groups excluding tert-OH is 17. The Kier molecular flexibility index (Phi) is 22.5. The summed E-state index contributed by atoms with van der Waals surface area (Å²) < 4.78 is 80.5. The zero-order valence-electron chi connectivity index (χ0n) is 55.0. The highest BCUT2D eigenvalue weighted by molar-refractivity contribution is 5.24. The molecule has 11 rings (SSSR count). The van der Waals surface area contributed by atoms with Gasteiger partial charge in [-0.1, -0.05) is 39.3 Å². The predicted molar refractivity (Wildman–Crippen MR) is 318 cm³/mol. The summed E-state index contributed by atoms with van der Waals surface area (Å²) in [6.07, 6.45) is -42.1. The molecule has 7 aliphatic heterocycles. The zero-order chi connectivity index (χ0) is 69.1. The molecular formula is C64H106O31. The fourth-order valence-electron chi connectivity index (χ4n) is 19.2. The van der Waals surface area contributed by atoms with E-state index in [0.29, 0.717) is 19.4 Å². The van der Waals surface area contributed by atoms with E-state index in [2.05, 4.69) is 27.7 Å². The summed E-state index contributed by atoms with van der Waals surface area (Å²) in [4.78, 5) is 0. The molecule has 0 amide bonds. The zero-order valence-corrected chi connectivity index (χ0v) is 55.0. The topological polar surface area (TPSA) is 484 Å². The summed E-state index contributed by atoms with van der Waals surface area (Å²) in [5.74, 6) is -0.0192. The minimum absolute atomic E-state index is 0.0322. The van der Waals surface area contributed by atoms with Crippen LogP contribution < -0.4 is 0 Å². The van der Waals surface area contributed by atoms with E-state index in [0.717, 1.165) is 37.7 Å². The number of ether oxygens (including phenoxy) is 13. The summed E-state index contributed by atoms with van der Waals surface area (Å²) in [6.45, 7) is 13.3. The number of fused-ring (bicyclic) bond motifs is 4. The maximum Gasteiger partial charge on any atom is 0.187 e. The van der Waals surface area contributed by atoms with Crippen LogP contribution in [0.3, 0.4) is 0 Å². The minimum atomic E-state index is -2.07. The highest BCUT2D eigenvalue weighted by Crippen LogP contribution is 2.78. The smallest absolute Gasteiger partial charge is 0.187 e. The first kappa shape index (κ1) is 74.7. The van der Waals surface area contributed by atoms with Gasteiger partial charge in [-0.05, 0) is 107 Å². The van der Waals surface area contributed by atoms with Crippen molar-refractivity contribution in [2.75, 3.05) is 39.6 Å². The Morgan fingerprint density at radius 2 is 1.11 bits per heavy atom. The average molecular weight is 1370 g/mol. The SMILES string of the molecule is CC(C)=C[C@@H](C[C@](C)(O)[C@@H]1[C@H]2CC[C@@H]3[C@@]4(C)CC[C@H](O[C@@H]5OC[C@H](O)[C@H](O[C@@H]6O[C@H](CO[C@@H]7O[C@H](CO)[C@@H](O)[C@H](O)[C@H]7O)[C@@H](O)[C@H](O)[C@H]6O[C@@H]6OC[C@@H](O)[C@H](O)[C@H]6O)[C@H]5O[C@@H]5O[C@@H](C)[C@H](O)[C@@H](O)[C@H]5O)C(C)(C)[C@@H]4CC[C@@]3(C)[C@@]23CO[C@@H]1C3)O[C@@H]1O[C@H](CO)[C@@H](O)[C@H](O)[C@H]1O. The molecule has 4 saturated carbocycles. The maximum absolute atomic E-state index is 12.9. The number of aliphatic hydroxyl groups is 18. The highest BCUT2D eigenvalue weighted by atomic mass is 16.8. The van der Waals surface area contributed by atoms with Crippen LogP contribution in [0.4, 0.5) is 0 Å². The minimum Gasteiger partial charge on any atom is -0.394 e. The van der Waals surface area contributed by atoms with Gasteiger partial charge < -0.3 is 153 Å². The van der Waals surface area contributed by atoms with Crippen molar-refractivity contribution >= 4 is 0 Å². The van der Waals surface area contributed by atoms with Gasteiger partial charge in [0.2, 0.25) is 0 Å². The maximum atomic E-state index is 12.9. The van der Waals surface area contributed by atoms with Crippen LogP contribution in [-0.4, -0.2) is 327 Å². The van der Waals surface area contributed by atoms with Gasteiger partial charge in [0.25, 0.3) is 0 Å². The molecule has 31 nitrogen and oxygen atoms in total. The lowest BCUT2D eigenvalue weighted by Crippen LogP contribution is -2.68. The van der Waals surface area contributed by atoms with Crippen molar-refractivity contribution in [2.45, 2.75) is 303 Å². The van der Waals surface area contributed by atoms with E-state index in [9.17, 15) is 91.9 Å². The van der Waals surface area contributed by atoms with Gasteiger partial charge in [0.1, 0.15) is 128 Å². The molecule has 31 heteroatoms. The largest absolute Gasteiger partial charge is 0.394 e. The van der Waals surface area contributed by atoms with Gasteiger partial charge in [-0.15, -0.1) is 0 Å². The first-order chi connectivity index (χ1) is 44.6. The molecule has 95 heavy (non-hydrogen) atoms. The summed E-state index contributed by atoms with van der Waals surface area (Å²) >= 11 is 0. The molecule has 7 saturated heterocycles. The monoisotopic (exact) mass is 1370 g/mol. The van der Waals surface area contributed by atoms with Crippen molar-refractivity contribution in [1.82, 2.24) is 0 Å². The number of hydrogen-bond donors (Lipinski definition) is 18. The van der Waals surface area contributed by atoms with Crippen LogP contribution in [0.25, 0.3) is 0 Å². The molecule has 1 spiro atoms. The van der Waals surface area contributed by atoms with Crippen molar-refractivity contribution in [2.24, 2.45) is 45.3 Å². The van der Waals surface area contributed by atoms with Gasteiger partial charge in [-0.25, -0.2) is 0 Å². The second kappa shape index (κ2) is 28.6. The van der Waals surface area contributed by atoms with Gasteiger partial charge >= 0.3 is 0 Å². The van der Waals surface area contributed by atoms with Gasteiger partial charge in [-0.3, -0.25) is 0 Å². The van der Waals surface area contributed by atoms with Crippen molar-refractivity contribution in [3.05, 3.63) is 11.6 Å². The van der Waals surface area contributed by atoms with E-state index < -0.39 is 228 Å². The van der Waals surface area contributed by atoms with Crippen molar-refractivity contribution in [3.63, 3.8) is 0 Å². The van der Waals surface area contributed by atoms with Crippen LogP contribution in [0.1, 0.15) is 107 Å². The molecule has 548 valence electrons. The highest BCUT2D eigenvalue weighted by Gasteiger charge is 2.75. The Morgan fingerprint density at radius 1 is 0.537 bits per heavy atom. The Hall–Kier alpha value is -1.50. The summed E-state index contributed by atoms with van der Waals surface area (Å²) in [7, 11) is 0. The predicted octanol–water partition coefficient (Wildman–Crippen LogP) is -5.26. The van der Waals surface area contributed by atoms with Crippen LogP contribution in [0.5, 0.6) is 0 Å². The Morgan fingerprint density at radius 3 is 1.77 bits per heavy atom. The van der Waals surface area contributed by atoms with Crippen LogP contribution in [0.15, 0.2) is 11.6 Å². The molecule has 7 heterocycles. The van der Waals surface area contributed by atoms with Gasteiger partial charge in [0.15, 0.2) is 37.7 Å². The molecule has 0 radical (unpaired) electrons. The lowest BCUT2D eigenvalue weighted by Gasteiger charge is -2.70. The molecule has 11 aliphatic rings. The Bertz CT molecular complexity index is 2580. The molecule has 4 aliphatic carbocycles. The lowest BCUT2D eigenvalue weighted by atomic mass is 9.35. The normalized spacial score (nSPS) is 54.0. The average Bonchev–Trinajstić information content (AvgIpc) is 1.57. The van der Waals surface area contributed by atoms with Gasteiger partial charge in [0.05, 0.1) is 69.7 Å². The van der Waals surface area contributed by atoms with E-state index in [1.54, 1.807) is 0 Å². The molecular weight excluding hydrogens is 1260 g/mol. The number of allylic oxidation sites excluding steroid dienone is 1. The summed E-state index contributed by atoms with van der Waals surface area (Å²) in [5, 5.41) is 197. The Labute approximate surface area is 551 Å². The molecule has 0 aromatic carbocycles. The van der Waals surface area contributed by atoms with E-state index in [4.69, 9.17) is 61.6 Å². The standard InChI is InChI=1S/C64H106O31/c1-24(2)15-26(88-57-50(81)45(76)41(72)32(19-66)90-57)16-63(8,82)37-27-9-10-35-61(6)13-12-36(60(4,5)34(61)11-14-62(35,7)64(27)17-30(37)86-23-64)92-58-53(95-56-49(80)43(74)38(69)25(3)87-56)51(29(68)21-84-58)93-59-52(94-55-47(78)39(70)28(67)20-83-55)46(77)42(73)33(91-59)22-85-54-48(79)44(75)40(71)31(18-65)89-54/h15,25-59,65-82H,9-14,16-23H2,1-8H3/t25-,26-,27+,28+,29-,30+,31+,32+,33+,34-,35+,36-,37+,38-,39-,40+,41+,42+,43+,44-,45-,46-,47+,48+,49+,50+,51-,52+,53+,54+,55-,56-,57+,58-,59-,61-,62+,63-,64-/m0/s1. The molecule has 18 N–H and O–H groups in total. The second-order valence-corrected chi connectivity index (χ2v) is 30.7. The molecule has 0 aromatic rings. The second-order valence-electron chi connectivity index (χ2n) is 30.7. The van der Waals surface area contributed by atoms with Crippen LogP contribution in [0.2, 0.25) is 0 Å². The van der Waals surface area contributed by atoms with E-state index in [-0.39, 0.29) is 52.4 Å². The molecule has 39 atom stereocenters. The lowest BCUT2D eigenvalue weighted by molar-refractivity contribution is -0.401. The number of rotatable bonds is 19. The number of hydrogen-bond acceptors (Lipinski definition) is 31. The van der Waals surface area contributed by atoms with E-state index in [1.165, 1.54) is 6.92 Å². The first-order valence-electron chi connectivity index (χ1n) is 33.8. The molecule has 0 aromatic heterocycles. The first-order valence-corrected chi connectivity index (χ1v) is 33.8. The third-order valence-electron chi connectivity index (χ3n) is 24.3. The Balaban J connectivity index is 0.840. The molecule has 0 unspecified atom stereocenters. The van der Waals surface area contributed by atoms with Crippen molar-refractivity contribution in [3.8, 4) is 0 Å². The summed E-state index contributed by atoms with van der Waals surface area (Å²) in [5.41, 5.74) is -1.96. The summed E-state index contributed by atoms with van der Waals surface area (Å²) in [6, 6.07) is 0. The molecule has 2 bridgehead atoms. The van der Waals surface area contributed by atoms with Gasteiger partial charge in [0, 0.05) is 17.8 Å².